The topological polar surface area (TPSA) is 46.2 Å². The van der Waals surface area contributed by atoms with Gasteiger partial charge in [-0.3, -0.25) is 0 Å². The molecule has 3 nitrogen and oxygen atoms in total. The minimum atomic E-state index is -3.28. The van der Waals surface area contributed by atoms with Gasteiger partial charge < -0.3 is 0 Å². The van der Waals surface area contributed by atoms with Gasteiger partial charge in [-0.2, -0.15) is 0 Å². The predicted molar refractivity (Wildman–Crippen MR) is 54.7 cm³/mol. The van der Waals surface area contributed by atoms with Crippen molar-refractivity contribution in [1.29, 1.82) is 0 Å². The highest BCUT2D eigenvalue weighted by molar-refractivity contribution is 7.89. The molecule has 0 aliphatic heterocycles. The summed E-state index contributed by atoms with van der Waals surface area (Å²) in [6, 6.07) is 6.87. The van der Waals surface area contributed by atoms with Crippen molar-refractivity contribution in [3.63, 3.8) is 0 Å². The zero-order chi connectivity index (χ0) is 9.19. The lowest BCUT2D eigenvalue weighted by Crippen LogP contribution is -2.19. The van der Waals surface area contributed by atoms with Gasteiger partial charge in [-0.05, 0) is 25.6 Å². The van der Waals surface area contributed by atoms with Crippen molar-refractivity contribution in [2.24, 2.45) is 0 Å². The van der Waals surface area contributed by atoms with E-state index in [2.05, 4.69) is 4.72 Å². The van der Waals surface area contributed by atoms with E-state index in [1.54, 1.807) is 25.1 Å². The molecule has 5 heteroatoms. The molecule has 0 aliphatic rings. The highest BCUT2D eigenvalue weighted by atomic mass is 35.5. The van der Waals surface area contributed by atoms with Gasteiger partial charge >= 0.3 is 0 Å². The molecule has 0 heterocycles. The van der Waals surface area contributed by atoms with Crippen molar-refractivity contribution < 1.29 is 8.42 Å². The SMILES string of the molecule is CNS(=O)(=O)c1ccccc1C.Cl. The number of rotatable bonds is 2. The molecule has 1 N–H and O–H groups in total. The summed E-state index contributed by atoms with van der Waals surface area (Å²) in [4.78, 5) is 0.340. The molecule has 0 saturated carbocycles. The van der Waals surface area contributed by atoms with E-state index in [0.29, 0.717) is 4.90 Å². The van der Waals surface area contributed by atoms with E-state index in [9.17, 15) is 8.42 Å². The molecular weight excluding hydrogens is 210 g/mol. The first-order valence-corrected chi connectivity index (χ1v) is 5.05. The monoisotopic (exact) mass is 221 g/mol. The third-order valence-electron chi connectivity index (χ3n) is 1.65. The van der Waals surface area contributed by atoms with Crippen LogP contribution in [-0.2, 0) is 10.0 Å². The van der Waals surface area contributed by atoms with Gasteiger partial charge in [0.05, 0.1) is 4.90 Å². The van der Waals surface area contributed by atoms with Crippen LogP contribution in [0.15, 0.2) is 29.2 Å². The van der Waals surface area contributed by atoms with Gasteiger partial charge in [-0.1, -0.05) is 18.2 Å². The Morgan fingerprint density at radius 3 is 2.23 bits per heavy atom. The molecule has 0 fully saturated rings. The van der Waals surface area contributed by atoms with Crippen LogP contribution in [0.3, 0.4) is 0 Å². The zero-order valence-electron chi connectivity index (χ0n) is 7.44. The van der Waals surface area contributed by atoms with Crippen LogP contribution in [0.25, 0.3) is 0 Å². The van der Waals surface area contributed by atoms with Gasteiger partial charge in [-0.25, -0.2) is 13.1 Å². The van der Waals surface area contributed by atoms with Gasteiger partial charge in [0, 0.05) is 0 Å². The lowest BCUT2D eigenvalue weighted by molar-refractivity contribution is 0.587. The second-order valence-electron chi connectivity index (χ2n) is 2.47. The maximum absolute atomic E-state index is 11.3. The summed E-state index contributed by atoms with van der Waals surface area (Å²) in [6.45, 7) is 1.77. The Bertz CT molecular complexity index is 375. The number of sulfonamides is 1. The van der Waals surface area contributed by atoms with Crippen LogP contribution in [0.1, 0.15) is 5.56 Å². The molecule has 1 rings (SSSR count). The van der Waals surface area contributed by atoms with Gasteiger partial charge in [0.15, 0.2) is 0 Å². The van der Waals surface area contributed by atoms with Crippen molar-refractivity contribution in [2.75, 3.05) is 7.05 Å². The molecule has 0 spiro atoms. The predicted octanol–water partition coefficient (Wildman–Crippen LogP) is 1.32. The lowest BCUT2D eigenvalue weighted by atomic mass is 10.2. The van der Waals surface area contributed by atoms with Crippen LogP contribution >= 0.6 is 12.4 Å². The van der Waals surface area contributed by atoms with Crippen molar-refractivity contribution >= 4 is 22.4 Å². The van der Waals surface area contributed by atoms with Crippen molar-refractivity contribution in [1.82, 2.24) is 4.72 Å². The van der Waals surface area contributed by atoms with Crippen molar-refractivity contribution in [3.8, 4) is 0 Å². The second kappa shape index (κ2) is 4.60. The van der Waals surface area contributed by atoms with Crippen LogP contribution < -0.4 is 4.72 Å². The summed E-state index contributed by atoms with van der Waals surface area (Å²) in [5.41, 5.74) is 0.756. The zero-order valence-corrected chi connectivity index (χ0v) is 9.08. The minimum Gasteiger partial charge on any atom is -0.214 e. The molecule has 0 saturated heterocycles. The van der Waals surface area contributed by atoms with E-state index in [0.717, 1.165) is 5.56 Å². The summed E-state index contributed by atoms with van der Waals surface area (Å²) < 4.78 is 24.9. The van der Waals surface area contributed by atoms with E-state index in [4.69, 9.17) is 0 Å². The Kier molecular flexibility index (Phi) is 4.39. The largest absolute Gasteiger partial charge is 0.240 e. The molecule has 0 aliphatic carbocycles. The minimum absolute atomic E-state index is 0. The lowest BCUT2D eigenvalue weighted by Gasteiger charge is -2.04. The molecule has 1 aromatic rings. The molecule has 13 heavy (non-hydrogen) atoms. The van der Waals surface area contributed by atoms with E-state index in [1.807, 2.05) is 6.07 Å². The van der Waals surface area contributed by atoms with E-state index in [-0.39, 0.29) is 12.4 Å². The molecule has 0 amide bonds. The average molecular weight is 222 g/mol. The molecule has 0 bridgehead atoms. The van der Waals surface area contributed by atoms with Gasteiger partial charge in [0.1, 0.15) is 0 Å². The first-order valence-electron chi connectivity index (χ1n) is 3.57. The van der Waals surface area contributed by atoms with Gasteiger partial charge in [0.2, 0.25) is 10.0 Å². The Hall–Kier alpha value is -0.580. The van der Waals surface area contributed by atoms with Crippen LogP contribution in [0.4, 0.5) is 0 Å². The quantitative estimate of drug-likeness (QED) is 0.819. The van der Waals surface area contributed by atoms with Crippen LogP contribution in [0.5, 0.6) is 0 Å². The molecule has 74 valence electrons. The Morgan fingerprint density at radius 2 is 1.77 bits per heavy atom. The Balaban J connectivity index is 0.00000144. The fourth-order valence-corrected chi connectivity index (χ4v) is 1.94. The first-order chi connectivity index (χ1) is 5.58. The third kappa shape index (κ3) is 2.69. The van der Waals surface area contributed by atoms with Crippen molar-refractivity contribution in [2.45, 2.75) is 11.8 Å². The number of benzene rings is 1. The fraction of sp³-hybridized carbons (Fsp3) is 0.250. The summed E-state index contributed by atoms with van der Waals surface area (Å²) in [6.07, 6.45) is 0. The van der Waals surface area contributed by atoms with Gasteiger partial charge in [-0.15, -0.1) is 12.4 Å². The normalized spacial score (nSPS) is 10.6. The van der Waals surface area contributed by atoms with Crippen molar-refractivity contribution in [3.05, 3.63) is 29.8 Å². The maximum atomic E-state index is 11.3. The number of halogens is 1. The molecule has 0 aromatic heterocycles. The molecular formula is C8H12ClNO2S. The average Bonchev–Trinajstić information content (AvgIpc) is 2.05. The third-order valence-corrected chi connectivity index (χ3v) is 3.23. The van der Waals surface area contributed by atoms with Gasteiger partial charge in [0.25, 0.3) is 0 Å². The Morgan fingerprint density at radius 1 is 1.23 bits per heavy atom. The standard InChI is InChI=1S/C8H11NO2S.ClH/c1-7-5-3-4-6-8(7)12(10,11)9-2;/h3-6,9H,1-2H3;1H. The molecule has 0 radical (unpaired) electrons. The van der Waals surface area contributed by atoms with Crippen LogP contribution in [-0.4, -0.2) is 15.5 Å². The number of hydrogen-bond donors (Lipinski definition) is 1. The molecule has 1 aromatic carbocycles. The maximum Gasteiger partial charge on any atom is 0.240 e. The van der Waals surface area contributed by atoms with E-state index >= 15 is 0 Å². The number of aryl methyl sites for hydroxylation is 1. The number of hydrogen-bond acceptors (Lipinski definition) is 2. The first kappa shape index (κ1) is 12.4. The van der Waals surface area contributed by atoms with Crippen LogP contribution in [0.2, 0.25) is 0 Å². The second-order valence-corrected chi connectivity index (χ2v) is 4.33. The Labute approximate surface area is 84.6 Å². The summed E-state index contributed by atoms with van der Waals surface area (Å²) in [5, 5.41) is 0. The summed E-state index contributed by atoms with van der Waals surface area (Å²) >= 11 is 0. The molecule has 0 unspecified atom stereocenters. The number of nitrogens with one attached hydrogen (secondary N) is 1. The summed E-state index contributed by atoms with van der Waals surface area (Å²) in [5.74, 6) is 0. The highest BCUT2D eigenvalue weighted by Crippen LogP contribution is 2.12. The summed E-state index contributed by atoms with van der Waals surface area (Å²) in [7, 11) is -1.87. The fourth-order valence-electron chi connectivity index (χ4n) is 0.968. The van der Waals surface area contributed by atoms with Crippen LogP contribution in [0, 0.1) is 6.92 Å². The highest BCUT2D eigenvalue weighted by Gasteiger charge is 2.12. The van der Waals surface area contributed by atoms with E-state index in [1.165, 1.54) is 7.05 Å². The molecule has 0 atom stereocenters. The van der Waals surface area contributed by atoms with E-state index < -0.39 is 10.0 Å². The smallest absolute Gasteiger partial charge is 0.214 e.